The molecule has 1 saturated heterocycles. The van der Waals surface area contributed by atoms with Crippen LogP contribution < -0.4 is 0 Å². The first kappa shape index (κ1) is 10.3. The molecule has 1 amide bonds. The molecule has 76 valence electrons. The van der Waals surface area contributed by atoms with Crippen LogP contribution in [0.25, 0.3) is 0 Å². The van der Waals surface area contributed by atoms with Gasteiger partial charge in [0, 0.05) is 12.6 Å². The maximum atomic E-state index is 11.2. The Bertz CT molecular complexity index is 182. The highest BCUT2D eigenvalue weighted by Gasteiger charge is 2.28. The van der Waals surface area contributed by atoms with Crippen LogP contribution >= 0.6 is 0 Å². The first-order valence-corrected chi connectivity index (χ1v) is 4.73. The number of hydrogen-bond acceptors (Lipinski definition) is 3. The summed E-state index contributed by atoms with van der Waals surface area (Å²) in [6.07, 6.45) is 0.821. The third kappa shape index (κ3) is 2.59. The number of rotatable bonds is 4. The van der Waals surface area contributed by atoms with E-state index in [0.29, 0.717) is 12.6 Å². The molecule has 1 rings (SSSR count). The lowest BCUT2D eigenvalue weighted by Gasteiger charge is -2.27. The zero-order valence-corrected chi connectivity index (χ0v) is 8.62. The number of likely N-dealkylation sites (N-methyl/N-ethyl adjacent to an activating group) is 1. The van der Waals surface area contributed by atoms with Crippen molar-refractivity contribution in [1.82, 2.24) is 9.80 Å². The first-order valence-electron chi connectivity index (χ1n) is 4.73. The van der Waals surface area contributed by atoms with Gasteiger partial charge in [-0.3, -0.25) is 0 Å². The maximum Gasteiger partial charge on any atom is 0.410 e. The third-order valence-electron chi connectivity index (χ3n) is 2.28. The molecule has 1 atom stereocenters. The maximum absolute atomic E-state index is 11.2. The summed E-state index contributed by atoms with van der Waals surface area (Å²) in [4.78, 5) is 15.2. The van der Waals surface area contributed by atoms with Crippen LogP contribution in [0.15, 0.2) is 0 Å². The quantitative estimate of drug-likeness (QED) is 0.650. The summed E-state index contributed by atoms with van der Waals surface area (Å²) < 4.78 is 4.90. The fourth-order valence-electron chi connectivity index (χ4n) is 1.61. The average molecular weight is 186 g/mol. The molecule has 0 N–H and O–H groups in total. The van der Waals surface area contributed by atoms with Crippen molar-refractivity contribution >= 4 is 6.09 Å². The predicted molar refractivity (Wildman–Crippen MR) is 50.7 cm³/mol. The Morgan fingerprint density at radius 3 is 2.69 bits per heavy atom. The summed E-state index contributed by atoms with van der Waals surface area (Å²) in [6.45, 7) is 4.29. The van der Waals surface area contributed by atoms with Crippen LogP contribution in [0.2, 0.25) is 0 Å². The molecule has 0 aliphatic carbocycles. The number of hydrogen-bond donors (Lipinski definition) is 0. The van der Waals surface area contributed by atoms with E-state index in [4.69, 9.17) is 4.74 Å². The third-order valence-corrected chi connectivity index (χ3v) is 2.28. The lowest BCUT2D eigenvalue weighted by molar-refractivity contribution is 0.139. The Morgan fingerprint density at radius 1 is 1.62 bits per heavy atom. The highest BCUT2D eigenvalue weighted by atomic mass is 16.6. The van der Waals surface area contributed by atoms with Gasteiger partial charge in [-0.05, 0) is 20.5 Å². The monoisotopic (exact) mass is 186 g/mol. The lowest BCUT2D eigenvalue weighted by Crippen LogP contribution is -2.42. The second kappa shape index (κ2) is 4.46. The van der Waals surface area contributed by atoms with Gasteiger partial charge in [0.1, 0.15) is 6.61 Å². The molecule has 0 aromatic carbocycles. The molecular weight excluding hydrogens is 168 g/mol. The highest BCUT2D eigenvalue weighted by Crippen LogP contribution is 2.11. The second-order valence-corrected chi connectivity index (χ2v) is 3.63. The van der Waals surface area contributed by atoms with E-state index >= 15 is 0 Å². The molecule has 1 aliphatic rings. The molecule has 0 saturated carbocycles. The topological polar surface area (TPSA) is 32.8 Å². The van der Waals surface area contributed by atoms with Crippen molar-refractivity contribution in [2.45, 2.75) is 19.4 Å². The summed E-state index contributed by atoms with van der Waals surface area (Å²) in [6, 6.07) is 0.296. The van der Waals surface area contributed by atoms with Gasteiger partial charge in [0.15, 0.2) is 0 Å². The number of ether oxygens (including phenoxy) is 1. The Kier molecular flexibility index (Phi) is 3.54. The first-order chi connectivity index (χ1) is 6.15. The van der Waals surface area contributed by atoms with Crippen LogP contribution in [-0.4, -0.2) is 55.7 Å². The lowest BCUT2D eigenvalue weighted by atomic mass is 10.2. The molecule has 1 heterocycles. The van der Waals surface area contributed by atoms with Gasteiger partial charge in [0.25, 0.3) is 0 Å². The summed E-state index contributed by atoms with van der Waals surface area (Å²) in [7, 11) is 4.04. The molecular formula is C9H18N2O2. The Hall–Kier alpha value is -0.770. The molecule has 0 radical (unpaired) electrons. The molecule has 4 nitrogen and oxygen atoms in total. The molecule has 0 aromatic heterocycles. The van der Waals surface area contributed by atoms with Crippen LogP contribution in [0.5, 0.6) is 0 Å². The summed E-state index contributed by atoms with van der Waals surface area (Å²) in [5.74, 6) is 0. The van der Waals surface area contributed by atoms with Gasteiger partial charge in [-0.1, -0.05) is 6.92 Å². The SMILES string of the molecule is CCC(CN(C)C)N1CCOC1=O. The number of carbonyl (C=O) groups excluding carboxylic acids is 1. The van der Waals surface area contributed by atoms with Gasteiger partial charge in [-0.15, -0.1) is 0 Å². The van der Waals surface area contributed by atoms with Crippen LogP contribution in [0.1, 0.15) is 13.3 Å². The van der Waals surface area contributed by atoms with E-state index in [1.165, 1.54) is 0 Å². The van der Waals surface area contributed by atoms with E-state index in [1.54, 1.807) is 0 Å². The zero-order chi connectivity index (χ0) is 9.84. The van der Waals surface area contributed by atoms with Crippen LogP contribution in [0, 0.1) is 0 Å². The van der Waals surface area contributed by atoms with Gasteiger partial charge in [0.05, 0.1) is 6.54 Å². The van der Waals surface area contributed by atoms with Crippen molar-refractivity contribution < 1.29 is 9.53 Å². The Balaban J connectivity index is 2.49. The minimum atomic E-state index is -0.159. The van der Waals surface area contributed by atoms with Crippen LogP contribution in [0.3, 0.4) is 0 Å². The zero-order valence-electron chi connectivity index (χ0n) is 8.62. The average Bonchev–Trinajstić information content (AvgIpc) is 2.47. The predicted octanol–water partition coefficient (Wildman–Crippen LogP) is 0.779. The van der Waals surface area contributed by atoms with Crippen LogP contribution in [0.4, 0.5) is 4.79 Å². The highest BCUT2D eigenvalue weighted by molar-refractivity contribution is 5.69. The summed E-state index contributed by atoms with van der Waals surface area (Å²) in [5, 5.41) is 0. The fourth-order valence-corrected chi connectivity index (χ4v) is 1.61. The van der Waals surface area contributed by atoms with Crippen molar-refractivity contribution in [3.63, 3.8) is 0 Å². The van der Waals surface area contributed by atoms with Gasteiger partial charge >= 0.3 is 6.09 Å². The molecule has 0 aromatic rings. The molecule has 1 fully saturated rings. The fraction of sp³-hybridized carbons (Fsp3) is 0.889. The van der Waals surface area contributed by atoms with Gasteiger partial charge in [0.2, 0.25) is 0 Å². The van der Waals surface area contributed by atoms with E-state index in [1.807, 2.05) is 19.0 Å². The molecule has 1 unspecified atom stereocenters. The number of nitrogens with zero attached hydrogens (tertiary/aromatic N) is 2. The molecule has 13 heavy (non-hydrogen) atoms. The Labute approximate surface area is 79.4 Å². The normalized spacial score (nSPS) is 19.4. The minimum absolute atomic E-state index is 0.159. The van der Waals surface area contributed by atoms with Crippen molar-refractivity contribution in [2.75, 3.05) is 33.8 Å². The largest absolute Gasteiger partial charge is 0.448 e. The van der Waals surface area contributed by atoms with Crippen molar-refractivity contribution in [3.8, 4) is 0 Å². The molecule has 4 heteroatoms. The smallest absolute Gasteiger partial charge is 0.410 e. The standard InChI is InChI=1S/C9H18N2O2/c1-4-8(7-10(2)3)11-5-6-13-9(11)12/h8H,4-7H2,1-3H3. The molecule has 0 bridgehead atoms. The van der Waals surface area contributed by atoms with E-state index in [-0.39, 0.29) is 6.09 Å². The van der Waals surface area contributed by atoms with Crippen molar-refractivity contribution in [1.29, 1.82) is 0 Å². The summed E-state index contributed by atoms with van der Waals surface area (Å²) in [5.41, 5.74) is 0. The number of carbonyl (C=O) groups is 1. The van der Waals surface area contributed by atoms with Crippen molar-refractivity contribution in [2.24, 2.45) is 0 Å². The van der Waals surface area contributed by atoms with E-state index in [0.717, 1.165) is 19.5 Å². The van der Waals surface area contributed by atoms with E-state index in [9.17, 15) is 4.79 Å². The van der Waals surface area contributed by atoms with E-state index in [2.05, 4.69) is 11.8 Å². The van der Waals surface area contributed by atoms with E-state index < -0.39 is 0 Å². The molecule has 0 spiro atoms. The Morgan fingerprint density at radius 2 is 2.31 bits per heavy atom. The number of cyclic esters (lactones) is 1. The van der Waals surface area contributed by atoms with Crippen LogP contribution in [-0.2, 0) is 4.74 Å². The van der Waals surface area contributed by atoms with Gasteiger partial charge in [-0.25, -0.2) is 4.79 Å². The van der Waals surface area contributed by atoms with Gasteiger partial charge in [-0.2, -0.15) is 0 Å². The van der Waals surface area contributed by atoms with Crippen molar-refractivity contribution in [3.05, 3.63) is 0 Å². The summed E-state index contributed by atoms with van der Waals surface area (Å²) >= 11 is 0. The second-order valence-electron chi connectivity index (χ2n) is 3.63. The molecule has 1 aliphatic heterocycles. The minimum Gasteiger partial charge on any atom is -0.448 e. The van der Waals surface area contributed by atoms with Gasteiger partial charge < -0.3 is 14.5 Å². The number of amides is 1.